The van der Waals surface area contributed by atoms with Gasteiger partial charge in [0.25, 0.3) is 0 Å². The van der Waals surface area contributed by atoms with E-state index in [0.29, 0.717) is 11.6 Å². The zero-order valence-corrected chi connectivity index (χ0v) is 10.7. The van der Waals surface area contributed by atoms with Crippen LogP contribution in [0.25, 0.3) is 0 Å². The van der Waals surface area contributed by atoms with Gasteiger partial charge in [0.15, 0.2) is 0 Å². The van der Waals surface area contributed by atoms with Crippen LogP contribution in [0.15, 0.2) is 36.5 Å². The van der Waals surface area contributed by atoms with Gasteiger partial charge in [-0.15, -0.1) is 0 Å². The predicted octanol–water partition coefficient (Wildman–Crippen LogP) is 2.75. The number of nitro benzene ring substituents is 1. The normalized spacial score (nSPS) is 10.1. The summed E-state index contributed by atoms with van der Waals surface area (Å²) < 4.78 is 18.7. The molecule has 0 aliphatic rings. The first kappa shape index (κ1) is 13.7. The van der Waals surface area contributed by atoms with Crippen molar-refractivity contribution < 1.29 is 14.1 Å². The lowest BCUT2D eigenvalue weighted by molar-refractivity contribution is -0.387. The predicted molar refractivity (Wildman–Crippen MR) is 71.2 cm³/mol. The van der Waals surface area contributed by atoms with Crippen molar-refractivity contribution in [1.82, 2.24) is 4.98 Å². The van der Waals surface area contributed by atoms with Crippen molar-refractivity contribution in [2.24, 2.45) is 0 Å². The summed E-state index contributed by atoms with van der Waals surface area (Å²) in [5.74, 6) is -0.358. The van der Waals surface area contributed by atoms with Gasteiger partial charge in [-0.1, -0.05) is 12.1 Å². The van der Waals surface area contributed by atoms with Crippen molar-refractivity contribution in [3.63, 3.8) is 0 Å². The second kappa shape index (κ2) is 5.96. The molecular weight excluding hydrogens is 265 g/mol. The van der Waals surface area contributed by atoms with Gasteiger partial charge in [-0.25, -0.2) is 4.98 Å². The molecule has 0 atom stereocenters. The lowest BCUT2D eigenvalue weighted by Crippen LogP contribution is -2.04. The number of rotatable bonds is 5. The van der Waals surface area contributed by atoms with Crippen molar-refractivity contribution in [2.45, 2.75) is 6.54 Å². The Balaban J connectivity index is 2.10. The van der Waals surface area contributed by atoms with E-state index in [1.807, 2.05) is 0 Å². The third kappa shape index (κ3) is 3.00. The fourth-order valence-electron chi connectivity index (χ4n) is 1.65. The average molecular weight is 277 g/mol. The SMILES string of the molecule is COc1ccc(NCc2cccc([N+](=O)[O-])c2F)cn1. The third-order valence-corrected chi connectivity index (χ3v) is 2.68. The molecule has 0 saturated carbocycles. The largest absolute Gasteiger partial charge is 0.481 e. The minimum atomic E-state index is -0.827. The molecule has 0 aliphatic carbocycles. The Kier molecular flexibility index (Phi) is 4.09. The zero-order valence-electron chi connectivity index (χ0n) is 10.7. The Hall–Kier alpha value is -2.70. The molecule has 2 rings (SSSR count). The molecular formula is C13H12FN3O3. The molecule has 2 aromatic rings. The van der Waals surface area contributed by atoms with Gasteiger partial charge in [0.2, 0.25) is 11.7 Å². The highest BCUT2D eigenvalue weighted by molar-refractivity contribution is 5.44. The molecule has 7 heteroatoms. The molecule has 0 radical (unpaired) electrons. The first-order chi connectivity index (χ1) is 9.61. The van der Waals surface area contributed by atoms with Crippen molar-refractivity contribution in [3.05, 3.63) is 58.0 Å². The van der Waals surface area contributed by atoms with Gasteiger partial charge in [-0.3, -0.25) is 10.1 Å². The average Bonchev–Trinajstić information content (AvgIpc) is 2.46. The van der Waals surface area contributed by atoms with E-state index in [1.165, 1.54) is 25.4 Å². The van der Waals surface area contributed by atoms with Crippen LogP contribution in [-0.2, 0) is 6.54 Å². The van der Waals surface area contributed by atoms with Crippen LogP contribution in [0.3, 0.4) is 0 Å². The number of hydrogen-bond acceptors (Lipinski definition) is 5. The van der Waals surface area contributed by atoms with Gasteiger partial charge >= 0.3 is 5.69 Å². The molecule has 104 valence electrons. The monoisotopic (exact) mass is 277 g/mol. The highest BCUT2D eigenvalue weighted by Crippen LogP contribution is 2.21. The van der Waals surface area contributed by atoms with Crippen molar-refractivity contribution in [3.8, 4) is 5.88 Å². The van der Waals surface area contributed by atoms with Gasteiger partial charge in [-0.05, 0) is 6.07 Å². The minimum Gasteiger partial charge on any atom is -0.481 e. The molecule has 1 aromatic carbocycles. The Morgan fingerprint density at radius 3 is 2.80 bits per heavy atom. The number of benzene rings is 1. The van der Waals surface area contributed by atoms with E-state index in [9.17, 15) is 14.5 Å². The van der Waals surface area contributed by atoms with Crippen LogP contribution in [0.2, 0.25) is 0 Å². The third-order valence-electron chi connectivity index (χ3n) is 2.68. The smallest absolute Gasteiger partial charge is 0.305 e. The number of pyridine rings is 1. The fraction of sp³-hybridized carbons (Fsp3) is 0.154. The number of nitro groups is 1. The highest BCUT2D eigenvalue weighted by atomic mass is 19.1. The van der Waals surface area contributed by atoms with Gasteiger partial charge in [-0.2, -0.15) is 4.39 Å². The minimum absolute atomic E-state index is 0.127. The number of nitrogens with one attached hydrogen (secondary N) is 1. The summed E-state index contributed by atoms with van der Waals surface area (Å²) in [5.41, 5.74) is 0.351. The Labute approximate surface area is 114 Å². The first-order valence-corrected chi connectivity index (χ1v) is 5.77. The van der Waals surface area contributed by atoms with Crippen molar-refractivity contribution in [1.29, 1.82) is 0 Å². The van der Waals surface area contributed by atoms with E-state index in [0.717, 1.165) is 6.07 Å². The summed E-state index contributed by atoms with van der Waals surface area (Å²) >= 11 is 0. The molecule has 1 N–H and O–H groups in total. The maximum Gasteiger partial charge on any atom is 0.305 e. The quantitative estimate of drug-likeness (QED) is 0.671. The second-order valence-corrected chi connectivity index (χ2v) is 3.95. The second-order valence-electron chi connectivity index (χ2n) is 3.95. The number of methoxy groups -OCH3 is 1. The van der Waals surface area contributed by atoms with Crippen molar-refractivity contribution in [2.75, 3.05) is 12.4 Å². The summed E-state index contributed by atoms with van der Waals surface area (Å²) in [6, 6.07) is 7.46. The maximum atomic E-state index is 13.8. The number of hydrogen-bond donors (Lipinski definition) is 1. The van der Waals surface area contributed by atoms with Gasteiger partial charge in [0.05, 0.1) is 23.9 Å². The molecule has 0 saturated heterocycles. The molecule has 0 aliphatic heterocycles. The van der Waals surface area contributed by atoms with Gasteiger partial charge in [0.1, 0.15) is 0 Å². The van der Waals surface area contributed by atoms with Crippen LogP contribution in [0.1, 0.15) is 5.56 Å². The number of anilines is 1. The molecule has 6 nitrogen and oxygen atoms in total. The standard InChI is InChI=1S/C13H12FN3O3/c1-20-12-6-5-10(8-16-12)15-7-9-3-2-4-11(13(9)14)17(18)19/h2-6,8,15H,7H2,1H3. The molecule has 1 heterocycles. The molecule has 1 aromatic heterocycles. The molecule has 0 spiro atoms. The number of halogens is 1. The van der Waals surface area contributed by atoms with E-state index in [1.54, 1.807) is 12.1 Å². The zero-order chi connectivity index (χ0) is 14.5. The maximum absolute atomic E-state index is 13.8. The summed E-state index contributed by atoms with van der Waals surface area (Å²) in [4.78, 5) is 13.9. The summed E-state index contributed by atoms with van der Waals surface area (Å²) in [7, 11) is 1.51. The van der Waals surface area contributed by atoms with E-state index in [2.05, 4.69) is 10.3 Å². The lowest BCUT2D eigenvalue weighted by atomic mass is 10.2. The highest BCUT2D eigenvalue weighted by Gasteiger charge is 2.16. The topological polar surface area (TPSA) is 77.3 Å². The van der Waals surface area contributed by atoms with E-state index in [-0.39, 0.29) is 12.1 Å². The van der Waals surface area contributed by atoms with Crippen LogP contribution < -0.4 is 10.1 Å². The van der Waals surface area contributed by atoms with Crippen LogP contribution in [0.5, 0.6) is 5.88 Å². The van der Waals surface area contributed by atoms with E-state index < -0.39 is 16.4 Å². The Bertz CT molecular complexity index is 617. The molecule has 0 fully saturated rings. The number of aromatic nitrogens is 1. The summed E-state index contributed by atoms with van der Waals surface area (Å²) in [6.07, 6.45) is 1.54. The Morgan fingerprint density at radius 2 is 2.20 bits per heavy atom. The fourth-order valence-corrected chi connectivity index (χ4v) is 1.65. The number of nitrogens with zero attached hydrogens (tertiary/aromatic N) is 2. The Morgan fingerprint density at radius 1 is 1.40 bits per heavy atom. The first-order valence-electron chi connectivity index (χ1n) is 5.77. The van der Waals surface area contributed by atoms with Crippen LogP contribution in [0, 0.1) is 15.9 Å². The lowest BCUT2D eigenvalue weighted by Gasteiger charge is -2.07. The molecule has 0 unspecified atom stereocenters. The molecule has 20 heavy (non-hydrogen) atoms. The van der Waals surface area contributed by atoms with Crippen LogP contribution >= 0.6 is 0 Å². The van der Waals surface area contributed by atoms with Crippen LogP contribution in [0.4, 0.5) is 15.8 Å². The summed E-state index contributed by atoms with van der Waals surface area (Å²) in [5, 5.41) is 13.6. The number of ether oxygens (including phenoxy) is 1. The van der Waals surface area contributed by atoms with Crippen LogP contribution in [-0.4, -0.2) is 17.0 Å². The molecule has 0 bridgehead atoms. The van der Waals surface area contributed by atoms with E-state index >= 15 is 0 Å². The van der Waals surface area contributed by atoms with Gasteiger partial charge < -0.3 is 10.1 Å². The van der Waals surface area contributed by atoms with Gasteiger partial charge in [0, 0.05) is 24.2 Å². The van der Waals surface area contributed by atoms with Crippen molar-refractivity contribution >= 4 is 11.4 Å². The summed E-state index contributed by atoms with van der Waals surface area (Å²) in [6.45, 7) is 0.127. The van der Waals surface area contributed by atoms with E-state index in [4.69, 9.17) is 4.74 Å². The molecule has 0 amide bonds.